The van der Waals surface area contributed by atoms with Crippen LogP contribution in [-0.4, -0.2) is 15.0 Å². The molecule has 0 saturated carbocycles. The molecule has 7 heteroatoms. The third kappa shape index (κ3) is 5.03. The molecule has 0 heterocycles. The van der Waals surface area contributed by atoms with Gasteiger partial charge in [-0.2, -0.15) is 0 Å². The molecule has 0 aromatic heterocycles. The molecular formula is C13H20BrFN2O2S. The zero-order valence-electron chi connectivity index (χ0n) is 11.6. The molecule has 0 spiro atoms. The van der Waals surface area contributed by atoms with E-state index in [1.165, 1.54) is 6.07 Å². The van der Waals surface area contributed by atoms with Crippen LogP contribution in [-0.2, 0) is 10.0 Å². The monoisotopic (exact) mass is 366 g/mol. The Kier molecular flexibility index (Phi) is 6.42. The van der Waals surface area contributed by atoms with Crippen molar-refractivity contribution < 1.29 is 12.8 Å². The van der Waals surface area contributed by atoms with E-state index >= 15 is 0 Å². The van der Waals surface area contributed by atoms with E-state index in [0.717, 1.165) is 25.3 Å². The molecule has 0 saturated heterocycles. The van der Waals surface area contributed by atoms with Crippen molar-refractivity contribution in [2.45, 2.75) is 38.0 Å². The molecule has 20 heavy (non-hydrogen) atoms. The molecule has 0 atom stereocenters. The number of nitrogens with one attached hydrogen (secondary N) is 1. The second-order valence-electron chi connectivity index (χ2n) is 5.09. The molecule has 1 rings (SSSR count). The van der Waals surface area contributed by atoms with Gasteiger partial charge in [0.25, 0.3) is 0 Å². The number of hydrogen-bond donors (Lipinski definition) is 2. The topological polar surface area (TPSA) is 72.2 Å². The van der Waals surface area contributed by atoms with E-state index in [1.807, 2.05) is 0 Å². The van der Waals surface area contributed by atoms with E-state index in [-0.39, 0.29) is 15.1 Å². The first kappa shape index (κ1) is 17.4. The lowest BCUT2D eigenvalue weighted by Gasteiger charge is -2.10. The predicted octanol–water partition coefficient (Wildman–Crippen LogP) is 3.28. The van der Waals surface area contributed by atoms with Crippen LogP contribution in [0.5, 0.6) is 0 Å². The fourth-order valence-electron chi connectivity index (χ4n) is 1.74. The number of sulfonamides is 1. The zero-order valence-corrected chi connectivity index (χ0v) is 14.0. The van der Waals surface area contributed by atoms with E-state index < -0.39 is 15.8 Å². The highest BCUT2D eigenvalue weighted by atomic mass is 79.9. The SMILES string of the molecule is CC(C)CCCCNS(=O)(=O)c1cc(Br)c(F)cc1N. The van der Waals surface area contributed by atoms with Crippen molar-refractivity contribution in [3.8, 4) is 0 Å². The molecule has 3 N–H and O–H groups in total. The van der Waals surface area contributed by atoms with Gasteiger partial charge in [0.15, 0.2) is 0 Å². The van der Waals surface area contributed by atoms with Gasteiger partial charge in [-0.25, -0.2) is 17.5 Å². The summed E-state index contributed by atoms with van der Waals surface area (Å²) in [6.45, 7) is 4.60. The predicted molar refractivity (Wildman–Crippen MR) is 82.4 cm³/mol. The summed E-state index contributed by atoms with van der Waals surface area (Å²) in [6, 6.07) is 2.18. The fourth-order valence-corrected chi connectivity index (χ4v) is 3.44. The van der Waals surface area contributed by atoms with Crippen LogP contribution >= 0.6 is 15.9 Å². The van der Waals surface area contributed by atoms with E-state index in [1.54, 1.807) is 0 Å². The third-order valence-corrected chi connectivity index (χ3v) is 4.97. The Labute approximate surface area is 128 Å². The number of unbranched alkanes of at least 4 members (excludes halogenated alkanes) is 1. The van der Waals surface area contributed by atoms with Crippen LogP contribution in [0, 0.1) is 11.7 Å². The number of anilines is 1. The second-order valence-corrected chi connectivity index (χ2v) is 7.68. The highest BCUT2D eigenvalue weighted by Gasteiger charge is 2.19. The average molecular weight is 367 g/mol. The van der Waals surface area contributed by atoms with Crippen molar-refractivity contribution in [1.82, 2.24) is 4.72 Å². The molecule has 0 aliphatic heterocycles. The summed E-state index contributed by atoms with van der Waals surface area (Å²) in [5, 5.41) is 0. The summed E-state index contributed by atoms with van der Waals surface area (Å²) >= 11 is 2.96. The number of nitrogen functional groups attached to an aromatic ring is 1. The van der Waals surface area contributed by atoms with Gasteiger partial charge < -0.3 is 5.73 Å². The number of halogens is 2. The lowest BCUT2D eigenvalue weighted by Crippen LogP contribution is -2.25. The Bertz CT molecular complexity index is 562. The van der Waals surface area contributed by atoms with Gasteiger partial charge in [-0.15, -0.1) is 0 Å². The summed E-state index contributed by atoms with van der Waals surface area (Å²) in [7, 11) is -3.70. The Balaban J connectivity index is 2.68. The largest absolute Gasteiger partial charge is 0.398 e. The van der Waals surface area contributed by atoms with Crippen molar-refractivity contribution in [2.75, 3.05) is 12.3 Å². The van der Waals surface area contributed by atoms with Gasteiger partial charge in [0.05, 0.1) is 10.2 Å². The van der Waals surface area contributed by atoms with Crippen LogP contribution in [0.25, 0.3) is 0 Å². The summed E-state index contributed by atoms with van der Waals surface area (Å²) < 4.78 is 40.0. The van der Waals surface area contributed by atoms with Crippen molar-refractivity contribution in [3.63, 3.8) is 0 Å². The van der Waals surface area contributed by atoms with E-state index in [9.17, 15) is 12.8 Å². The van der Waals surface area contributed by atoms with Crippen LogP contribution in [0.1, 0.15) is 33.1 Å². The maximum atomic E-state index is 13.2. The fraction of sp³-hybridized carbons (Fsp3) is 0.538. The Morgan fingerprint density at radius 2 is 2.00 bits per heavy atom. The highest BCUT2D eigenvalue weighted by Crippen LogP contribution is 2.25. The number of benzene rings is 1. The second kappa shape index (κ2) is 7.38. The Morgan fingerprint density at radius 3 is 2.60 bits per heavy atom. The third-order valence-electron chi connectivity index (χ3n) is 2.84. The van der Waals surface area contributed by atoms with Gasteiger partial charge >= 0.3 is 0 Å². The first-order chi connectivity index (χ1) is 9.24. The quantitative estimate of drug-likeness (QED) is 0.574. The lowest BCUT2D eigenvalue weighted by atomic mass is 10.1. The van der Waals surface area contributed by atoms with Gasteiger partial charge in [-0.1, -0.05) is 26.7 Å². The molecule has 0 amide bonds. The first-order valence-electron chi connectivity index (χ1n) is 6.48. The summed E-state index contributed by atoms with van der Waals surface area (Å²) in [5.41, 5.74) is 5.47. The van der Waals surface area contributed by atoms with Crippen LogP contribution in [0.15, 0.2) is 21.5 Å². The molecular weight excluding hydrogens is 347 g/mol. The van der Waals surface area contributed by atoms with Gasteiger partial charge in [-0.3, -0.25) is 0 Å². The maximum absolute atomic E-state index is 13.2. The minimum atomic E-state index is -3.70. The Morgan fingerprint density at radius 1 is 1.35 bits per heavy atom. The van der Waals surface area contributed by atoms with Crippen LogP contribution in [0.2, 0.25) is 0 Å². The average Bonchev–Trinajstić information content (AvgIpc) is 2.32. The molecule has 1 aromatic carbocycles. The molecule has 0 fully saturated rings. The summed E-state index contributed by atoms with van der Waals surface area (Å²) in [4.78, 5) is -0.102. The smallest absolute Gasteiger partial charge is 0.242 e. The van der Waals surface area contributed by atoms with E-state index in [2.05, 4.69) is 34.5 Å². The van der Waals surface area contributed by atoms with E-state index in [4.69, 9.17) is 5.73 Å². The van der Waals surface area contributed by atoms with Crippen LogP contribution in [0.4, 0.5) is 10.1 Å². The molecule has 114 valence electrons. The van der Waals surface area contributed by atoms with Crippen molar-refractivity contribution in [2.24, 2.45) is 5.92 Å². The number of hydrogen-bond acceptors (Lipinski definition) is 3. The minimum absolute atomic E-state index is 0.0758. The molecule has 0 bridgehead atoms. The molecule has 0 unspecified atom stereocenters. The van der Waals surface area contributed by atoms with Crippen molar-refractivity contribution in [3.05, 3.63) is 22.4 Å². The summed E-state index contributed by atoms with van der Waals surface area (Å²) in [6.07, 6.45) is 2.79. The molecule has 0 radical (unpaired) electrons. The highest BCUT2D eigenvalue weighted by molar-refractivity contribution is 9.10. The molecule has 1 aromatic rings. The van der Waals surface area contributed by atoms with Crippen LogP contribution in [0.3, 0.4) is 0 Å². The van der Waals surface area contributed by atoms with Gasteiger partial charge in [0, 0.05) is 6.54 Å². The van der Waals surface area contributed by atoms with Gasteiger partial charge in [-0.05, 0) is 40.4 Å². The van der Waals surface area contributed by atoms with Gasteiger partial charge in [0.1, 0.15) is 10.7 Å². The zero-order chi connectivity index (χ0) is 15.3. The first-order valence-corrected chi connectivity index (χ1v) is 8.76. The van der Waals surface area contributed by atoms with Gasteiger partial charge in [0.2, 0.25) is 10.0 Å². The minimum Gasteiger partial charge on any atom is -0.398 e. The maximum Gasteiger partial charge on any atom is 0.242 e. The van der Waals surface area contributed by atoms with Crippen LogP contribution < -0.4 is 10.5 Å². The standard InChI is InChI=1S/C13H20BrFN2O2S/c1-9(2)5-3-4-6-17-20(18,19)13-7-10(14)11(15)8-12(13)16/h7-9,17H,3-6,16H2,1-2H3. The van der Waals surface area contributed by atoms with Crippen molar-refractivity contribution in [1.29, 1.82) is 0 Å². The number of rotatable bonds is 7. The molecule has 0 aliphatic rings. The normalized spacial score (nSPS) is 12.1. The lowest BCUT2D eigenvalue weighted by molar-refractivity contribution is 0.530. The number of nitrogens with two attached hydrogens (primary N) is 1. The summed E-state index contributed by atoms with van der Waals surface area (Å²) in [5.74, 6) is 0.0219. The molecule has 0 aliphatic carbocycles. The molecule has 4 nitrogen and oxygen atoms in total. The van der Waals surface area contributed by atoms with Crippen molar-refractivity contribution >= 4 is 31.6 Å². The Hall–Kier alpha value is -0.660. The van der Waals surface area contributed by atoms with E-state index in [0.29, 0.717) is 12.5 Å².